The zero-order valence-electron chi connectivity index (χ0n) is 9.27. The highest BCUT2D eigenvalue weighted by atomic mass is 35.5. The maximum Gasteiger partial charge on any atom is 0.228 e. The maximum absolute atomic E-state index is 12.0. The number of carbonyl (C=O) groups excluding carboxylic acids is 1. The van der Waals surface area contributed by atoms with Crippen LogP contribution in [0.3, 0.4) is 0 Å². The van der Waals surface area contributed by atoms with Crippen molar-refractivity contribution in [3.8, 4) is 0 Å². The molecular weight excluding hydrogens is 240 g/mol. The van der Waals surface area contributed by atoms with Gasteiger partial charge in [-0.15, -0.1) is 0 Å². The van der Waals surface area contributed by atoms with Crippen molar-refractivity contribution in [3.63, 3.8) is 0 Å². The van der Waals surface area contributed by atoms with Gasteiger partial charge in [0.2, 0.25) is 5.78 Å². The molecule has 4 heteroatoms. The van der Waals surface area contributed by atoms with Gasteiger partial charge in [0.05, 0.1) is 0 Å². The summed E-state index contributed by atoms with van der Waals surface area (Å²) in [5.74, 6) is 0.771. The van der Waals surface area contributed by atoms with Gasteiger partial charge in [-0.3, -0.25) is 4.79 Å². The summed E-state index contributed by atoms with van der Waals surface area (Å²) in [4.78, 5) is 12.0. The Bertz CT molecular complexity index is 514. The largest absolute Gasteiger partial charge is 0.455 e. The molecule has 3 nitrogen and oxygen atoms in total. The third kappa shape index (κ3) is 2.75. The third-order valence-corrected chi connectivity index (χ3v) is 2.53. The monoisotopic (exact) mass is 250 g/mol. The highest BCUT2D eigenvalue weighted by Crippen LogP contribution is 2.16. The molecule has 0 bridgehead atoms. The standard InChI is InChI=1S/C13H11ClO3/c1-16-8-11-6-7-12(17-11)13(15)9-2-4-10(14)5-3-9/h2-7H,8H2,1H3. The number of ketones is 1. The van der Waals surface area contributed by atoms with E-state index in [0.717, 1.165) is 0 Å². The van der Waals surface area contributed by atoms with Crippen LogP contribution < -0.4 is 0 Å². The Labute approximate surface area is 104 Å². The van der Waals surface area contributed by atoms with Crippen LogP contribution in [0.2, 0.25) is 5.02 Å². The first kappa shape index (κ1) is 11.9. The number of halogens is 1. The van der Waals surface area contributed by atoms with Crippen molar-refractivity contribution in [2.24, 2.45) is 0 Å². The summed E-state index contributed by atoms with van der Waals surface area (Å²) >= 11 is 5.76. The molecule has 1 aromatic heterocycles. The molecule has 88 valence electrons. The summed E-state index contributed by atoms with van der Waals surface area (Å²) in [6.07, 6.45) is 0. The molecule has 0 aliphatic rings. The lowest BCUT2D eigenvalue weighted by atomic mass is 10.1. The summed E-state index contributed by atoms with van der Waals surface area (Å²) in [6.45, 7) is 0.355. The summed E-state index contributed by atoms with van der Waals surface area (Å²) in [6, 6.07) is 10.1. The van der Waals surface area contributed by atoms with Crippen LogP contribution in [0.25, 0.3) is 0 Å². The Morgan fingerprint density at radius 1 is 1.24 bits per heavy atom. The zero-order chi connectivity index (χ0) is 12.3. The Hall–Kier alpha value is -1.58. The molecule has 2 rings (SSSR count). The molecule has 0 spiro atoms. The summed E-state index contributed by atoms with van der Waals surface area (Å²) in [5, 5.41) is 0.598. The molecule has 0 atom stereocenters. The van der Waals surface area contributed by atoms with Gasteiger partial charge in [0.1, 0.15) is 12.4 Å². The molecule has 0 saturated carbocycles. The Kier molecular flexibility index (Phi) is 3.61. The number of carbonyl (C=O) groups is 1. The Balaban J connectivity index is 2.21. The number of benzene rings is 1. The van der Waals surface area contributed by atoms with E-state index in [2.05, 4.69) is 0 Å². The van der Waals surface area contributed by atoms with E-state index >= 15 is 0 Å². The number of ether oxygens (including phenoxy) is 1. The van der Waals surface area contributed by atoms with E-state index in [9.17, 15) is 4.79 Å². The second-order valence-electron chi connectivity index (χ2n) is 3.53. The third-order valence-electron chi connectivity index (χ3n) is 2.28. The fourth-order valence-corrected chi connectivity index (χ4v) is 1.59. The van der Waals surface area contributed by atoms with E-state index in [-0.39, 0.29) is 5.78 Å². The average Bonchev–Trinajstić information content (AvgIpc) is 2.78. The quantitative estimate of drug-likeness (QED) is 0.782. The number of rotatable bonds is 4. The predicted octanol–water partition coefficient (Wildman–Crippen LogP) is 3.31. The number of hydrogen-bond acceptors (Lipinski definition) is 3. The highest BCUT2D eigenvalue weighted by Gasteiger charge is 2.13. The summed E-state index contributed by atoms with van der Waals surface area (Å²) in [7, 11) is 1.57. The number of methoxy groups -OCH3 is 1. The molecule has 0 N–H and O–H groups in total. The molecule has 0 fully saturated rings. The maximum atomic E-state index is 12.0. The van der Waals surface area contributed by atoms with Crippen LogP contribution in [0.1, 0.15) is 21.9 Å². The van der Waals surface area contributed by atoms with Crippen LogP contribution in [0, 0.1) is 0 Å². The van der Waals surface area contributed by atoms with E-state index in [0.29, 0.717) is 28.7 Å². The molecule has 0 aliphatic heterocycles. The van der Waals surface area contributed by atoms with Gasteiger partial charge in [-0.05, 0) is 36.4 Å². The normalized spacial score (nSPS) is 10.5. The fourth-order valence-electron chi connectivity index (χ4n) is 1.46. The van der Waals surface area contributed by atoms with E-state index in [1.54, 1.807) is 43.5 Å². The van der Waals surface area contributed by atoms with Gasteiger partial charge < -0.3 is 9.15 Å². The van der Waals surface area contributed by atoms with Gasteiger partial charge in [0.25, 0.3) is 0 Å². The van der Waals surface area contributed by atoms with Gasteiger partial charge in [-0.2, -0.15) is 0 Å². The van der Waals surface area contributed by atoms with Crippen LogP contribution >= 0.6 is 11.6 Å². The highest BCUT2D eigenvalue weighted by molar-refractivity contribution is 6.30. The first-order chi connectivity index (χ1) is 8.20. The fraction of sp³-hybridized carbons (Fsp3) is 0.154. The summed E-state index contributed by atoms with van der Waals surface area (Å²) in [5.41, 5.74) is 0.549. The van der Waals surface area contributed by atoms with Crippen LogP contribution in [0.4, 0.5) is 0 Å². The lowest BCUT2D eigenvalue weighted by Gasteiger charge is -1.98. The van der Waals surface area contributed by atoms with E-state index in [4.69, 9.17) is 20.8 Å². The molecular formula is C13H11ClO3. The molecule has 17 heavy (non-hydrogen) atoms. The van der Waals surface area contributed by atoms with Gasteiger partial charge in [-0.25, -0.2) is 0 Å². The van der Waals surface area contributed by atoms with Crippen LogP contribution in [0.15, 0.2) is 40.8 Å². The predicted molar refractivity (Wildman–Crippen MR) is 64.3 cm³/mol. The average molecular weight is 251 g/mol. The molecule has 0 radical (unpaired) electrons. The van der Waals surface area contributed by atoms with E-state index in [1.807, 2.05) is 0 Å². The molecule has 0 amide bonds. The summed E-state index contributed by atoms with van der Waals surface area (Å²) < 4.78 is 10.3. The van der Waals surface area contributed by atoms with Crippen LogP contribution in [0.5, 0.6) is 0 Å². The SMILES string of the molecule is COCc1ccc(C(=O)c2ccc(Cl)cc2)o1. The van der Waals surface area contributed by atoms with Crippen molar-refractivity contribution in [1.29, 1.82) is 0 Å². The minimum absolute atomic E-state index is 0.163. The molecule has 0 unspecified atom stereocenters. The Morgan fingerprint density at radius 3 is 2.59 bits per heavy atom. The van der Waals surface area contributed by atoms with Gasteiger partial charge in [0.15, 0.2) is 5.76 Å². The van der Waals surface area contributed by atoms with Gasteiger partial charge in [0, 0.05) is 17.7 Å². The number of furan rings is 1. The molecule has 0 aliphatic carbocycles. The van der Waals surface area contributed by atoms with Gasteiger partial charge in [-0.1, -0.05) is 11.6 Å². The van der Waals surface area contributed by atoms with Crippen molar-refractivity contribution in [1.82, 2.24) is 0 Å². The van der Waals surface area contributed by atoms with Crippen molar-refractivity contribution in [3.05, 3.63) is 58.5 Å². The minimum Gasteiger partial charge on any atom is -0.455 e. The molecule has 1 heterocycles. The van der Waals surface area contributed by atoms with Crippen LogP contribution in [-0.2, 0) is 11.3 Å². The molecule has 1 aromatic carbocycles. The second kappa shape index (κ2) is 5.17. The second-order valence-corrected chi connectivity index (χ2v) is 3.97. The topological polar surface area (TPSA) is 39.4 Å². The smallest absolute Gasteiger partial charge is 0.228 e. The van der Waals surface area contributed by atoms with Crippen LogP contribution in [-0.4, -0.2) is 12.9 Å². The van der Waals surface area contributed by atoms with E-state index < -0.39 is 0 Å². The van der Waals surface area contributed by atoms with Crippen molar-refractivity contribution in [2.45, 2.75) is 6.61 Å². The molecule has 2 aromatic rings. The lowest BCUT2D eigenvalue weighted by molar-refractivity contribution is 0.1000. The molecule has 0 saturated heterocycles. The minimum atomic E-state index is -0.163. The zero-order valence-corrected chi connectivity index (χ0v) is 10.0. The van der Waals surface area contributed by atoms with E-state index in [1.165, 1.54) is 0 Å². The Morgan fingerprint density at radius 2 is 1.94 bits per heavy atom. The van der Waals surface area contributed by atoms with Gasteiger partial charge >= 0.3 is 0 Å². The number of hydrogen-bond donors (Lipinski definition) is 0. The van der Waals surface area contributed by atoms with Crippen molar-refractivity contribution >= 4 is 17.4 Å². The van der Waals surface area contributed by atoms with Crippen molar-refractivity contribution in [2.75, 3.05) is 7.11 Å². The lowest BCUT2D eigenvalue weighted by Crippen LogP contribution is -1.98. The van der Waals surface area contributed by atoms with Crippen molar-refractivity contribution < 1.29 is 13.9 Å². The first-order valence-corrected chi connectivity index (χ1v) is 5.46. The first-order valence-electron chi connectivity index (χ1n) is 5.08.